The lowest BCUT2D eigenvalue weighted by molar-refractivity contribution is 0.0398. The van der Waals surface area contributed by atoms with E-state index in [0.29, 0.717) is 5.56 Å². The highest BCUT2D eigenvalue weighted by molar-refractivity contribution is 5.54. The number of nitrogens with one attached hydrogen (secondary N) is 1. The molecular weight excluding hydrogens is 226 g/mol. The molecule has 0 saturated carbocycles. The van der Waals surface area contributed by atoms with Gasteiger partial charge in [0.2, 0.25) is 0 Å². The maximum atomic E-state index is 8.81. The molecule has 4 nitrogen and oxygen atoms in total. The highest BCUT2D eigenvalue weighted by Gasteiger charge is 2.09. The molecular formula is C14H19N3O. The molecule has 1 aliphatic heterocycles. The summed E-state index contributed by atoms with van der Waals surface area (Å²) < 4.78 is 5.32. The summed E-state index contributed by atoms with van der Waals surface area (Å²) in [5, 5.41) is 12.2. The molecule has 1 saturated heterocycles. The van der Waals surface area contributed by atoms with Gasteiger partial charge >= 0.3 is 0 Å². The number of aryl methyl sites for hydroxylation is 1. The topological polar surface area (TPSA) is 48.3 Å². The van der Waals surface area contributed by atoms with Gasteiger partial charge in [-0.25, -0.2) is 0 Å². The van der Waals surface area contributed by atoms with Gasteiger partial charge in [0.25, 0.3) is 0 Å². The molecule has 1 aromatic carbocycles. The van der Waals surface area contributed by atoms with Crippen LogP contribution in [0.5, 0.6) is 0 Å². The quantitative estimate of drug-likeness (QED) is 0.875. The van der Waals surface area contributed by atoms with Crippen LogP contribution in [-0.4, -0.2) is 44.3 Å². The van der Waals surface area contributed by atoms with Crippen LogP contribution in [0.25, 0.3) is 0 Å². The molecule has 2 rings (SSSR count). The van der Waals surface area contributed by atoms with Crippen LogP contribution >= 0.6 is 0 Å². The first kappa shape index (κ1) is 12.9. The van der Waals surface area contributed by atoms with Crippen molar-refractivity contribution >= 4 is 5.69 Å². The predicted molar refractivity (Wildman–Crippen MR) is 71.6 cm³/mol. The Morgan fingerprint density at radius 3 is 2.83 bits per heavy atom. The van der Waals surface area contributed by atoms with Crippen molar-refractivity contribution in [2.45, 2.75) is 6.92 Å². The van der Waals surface area contributed by atoms with Crippen LogP contribution in [0.15, 0.2) is 18.2 Å². The molecule has 1 aromatic rings. The lowest BCUT2D eigenvalue weighted by Gasteiger charge is -2.26. The maximum absolute atomic E-state index is 8.81. The summed E-state index contributed by atoms with van der Waals surface area (Å²) in [7, 11) is 0. The van der Waals surface area contributed by atoms with Crippen LogP contribution in [0.1, 0.15) is 11.1 Å². The first-order valence-electron chi connectivity index (χ1n) is 6.34. The molecule has 18 heavy (non-hydrogen) atoms. The smallest absolute Gasteiger partial charge is 0.0991 e. The summed E-state index contributed by atoms with van der Waals surface area (Å²) in [5.74, 6) is 0. The molecule has 0 atom stereocenters. The third-order valence-corrected chi connectivity index (χ3v) is 3.20. The molecule has 0 bridgehead atoms. The standard InChI is InChI=1S/C14H19N3O/c1-12-10-13(11-15)2-3-14(12)16-4-5-17-6-8-18-9-7-17/h2-3,10,16H,4-9H2,1H3. The molecule has 96 valence electrons. The second kappa shape index (κ2) is 6.39. The van der Waals surface area contributed by atoms with Gasteiger partial charge in [0.1, 0.15) is 0 Å². The molecule has 1 N–H and O–H groups in total. The molecule has 0 aliphatic carbocycles. The number of rotatable bonds is 4. The summed E-state index contributed by atoms with van der Waals surface area (Å²) in [6.07, 6.45) is 0. The summed E-state index contributed by atoms with van der Waals surface area (Å²) in [5.41, 5.74) is 2.95. The monoisotopic (exact) mass is 245 g/mol. The van der Waals surface area contributed by atoms with Crippen LogP contribution < -0.4 is 5.32 Å². The Labute approximate surface area is 108 Å². The Kier molecular flexibility index (Phi) is 4.57. The van der Waals surface area contributed by atoms with Gasteiger partial charge in [-0.2, -0.15) is 5.26 Å². The van der Waals surface area contributed by atoms with E-state index in [1.807, 2.05) is 25.1 Å². The fourth-order valence-electron chi connectivity index (χ4n) is 2.11. The van der Waals surface area contributed by atoms with Crippen LogP contribution in [-0.2, 0) is 4.74 Å². The molecule has 1 aliphatic rings. The zero-order valence-electron chi connectivity index (χ0n) is 10.8. The van der Waals surface area contributed by atoms with Crippen molar-refractivity contribution in [1.29, 1.82) is 5.26 Å². The van der Waals surface area contributed by atoms with Gasteiger partial charge in [-0.05, 0) is 30.7 Å². The third kappa shape index (κ3) is 3.46. The SMILES string of the molecule is Cc1cc(C#N)ccc1NCCN1CCOCC1. The molecule has 0 aromatic heterocycles. The molecule has 0 radical (unpaired) electrons. The zero-order valence-corrected chi connectivity index (χ0v) is 10.8. The predicted octanol–water partition coefficient (Wildman–Crippen LogP) is 1.61. The first-order chi connectivity index (χ1) is 8.79. The van der Waals surface area contributed by atoms with Crippen molar-refractivity contribution in [3.8, 4) is 6.07 Å². The lowest BCUT2D eigenvalue weighted by atomic mass is 10.1. The molecule has 4 heteroatoms. The summed E-state index contributed by atoms with van der Waals surface area (Å²) in [4.78, 5) is 2.40. The number of morpholine rings is 1. The Morgan fingerprint density at radius 1 is 1.39 bits per heavy atom. The maximum Gasteiger partial charge on any atom is 0.0991 e. The minimum absolute atomic E-state index is 0.714. The molecule has 1 fully saturated rings. The van der Waals surface area contributed by atoms with E-state index in [0.717, 1.165) is 50.6 Å². The van der Waals surface area contributed by atoms with Crippen molar-refractivity contribution in [1.82, 2.24) is 4.90 Å². The Hall–Kier alpha value is -1.57. The molecule has 1 heterocycles. The summed E-state index contributed by atoms with van der Waals surface area (Å²) >= 11 is 0. The third-order valence-electron chi connectivity index (χ3n) is 3.20. The summed E-state index contributed by atoms with van der Waals surface area (Å²) in [6.45, 7) is 7.71. The van der Waals surface area contributed by atoms with E-state index in [-0.39, 0.29) is 0 Å². The minimum atomic E-state index is 0.714. The Morgan fingerprint density at radius 2 is 2.17 bits per heavy atom. The molecule has 0 amide bonds. The number of benzene rings is 1. The van der Waals surface area contributed by atoms with Gasteiger partial charge < -0.3 is 10.1 Å². The van der Waals surface area contributed by atoms with E-state index in [2.05, 4.69) is 16.3 Å². The van der Waals surface area contributed by atoms with E-state index < -0.39 is 0 Å². The number of hydrogen-bond donors (Lipinski definition) is 1. The van der Waals surface area contributed by atoms with Gasteiger partial charge in [0.15, 0.2) is 0 Å². The first-order valence-corrected chi connectivity index (χ1v) is 6.34. The molecule has 0 spiro atoms. The largest absolute Gasteiger partial charge is 0.384 e. The Bertz CT molecular complexity index is 433. The minimum Gasteiger partial charge on any atom is -0.384 e. The van der Waals surface area contributed by atoms with Gasteiger partial charge in [-0.1, -0.05) is 0 Å². The van der Waals surface area contributed by atoms with Crippen molar-refractivity contribution in [2.24, 2.45) is 0 Å². The van der Waals surface area contributed by atoms with Gasteiger partial charge in [-0.15, -0.1) is 0 Å². The number of ether oxygens (including phenoxy) is 1. The fourth-order valence-corrected chi connectivity index (χ4v) is 2.11. The normalized spacial score (nSPS) is 16.2. The average molecular weight is 245 g/mol. The second-order valence-electron chi connectivity index (χ2n) is 4.52. The molecule has 0 unspecified atom stereocenters. The van der Waals surface area contributed by atoms with Crippen LogP contribution in [0, 0.1) is 18.3 Å². The van der Waals surface area contributed by atoms with Gasteiger partial charge in [-0.3, -0.25) is 4.90 Å². The number of nitrogens with zero attached hydrogens (tertiary/aromatic N) is 2. The van der Waals surface area contributed by atoms with E-state index in [1.165, 1.54) is 0 Å². The van der Waals surface area contributed by atoms with Crippen molar-refractivity contribution in [2.75, 3.05) is 44.7 Å². The number of anilines is 1. The second-order valence-corrected chi connectivity index (χ2v) is 4.52. The Balaban J connectivity index is 1.81. The highest BCUT2D eigenvalue weighted by atomic mass is 16.5. The van der Waals surface area contributed by atoms with Gasteiger partial charge in [0.05, 0.1) is 24.8 Å². The van der Waals surface area contributed by atoms with E-state index in [1.54, 1.807) is 0 Å². The highest BCUT2D eigenvalue weighted by Crippen LogP contribution is 2.15. The fraction of sp³-hybridized carbons (Fsp3) is 0.500. The van der Waals surface area contributed by atoms with E-state index in [4.69, 9.17) is 10.00 Å². The van der Waals surface area contributed by atoms with Crippen LogP contribution in [0.4, 0.5) is 5.69 Å². The van der Waals surface area contributed by atoms with Crippen LogP contribution in [0.2, 0.25) is 0 Å². The van der Waals surface area contributed by atoms with Crippen LogP contribution in [0.3, 0.4) is 0 Å². The number of hydrogen-bond acceptors (Lipinski definition) is 4. The zero-order chi connectivity index (χ0) is 12.8. The summed E-state index contributed by atoms with van der Waals surface area (Å²) in [6, 6.07) is 7.90. The van der Waals surface area contributed by atoms with Crippen molar-refractivity contribution < 1.29 is 4.74 Å². The van der Waals surface area contributed by atoms with Gasteiger partial charge in [0, 0.05) is 31.9 Å². The average Bonchev–Trinajstić information content (AvgIpc) is 2.42. The lowest BCUT2D eigenvalue weighted by Crippen LogP contribution is -2.39. The van der Waals surface area contributed by atoms with E-state index in [9.17, 15) is 0 Å². The van der Waals surface area contributed by atoms with Crippen molar-refractivity contribution in [3.63, 3.8) is 0 Å². The number of nitriles is 1. The van der Waals surface area contributed by atoms with E-state index >= 15 is 0 Å². The van der Waals surface area contributed by atoms with Crippen molar-refractivity contribution in [3.05, 3.63) is 29.3 Å².